The van der Waals surface area contributed by atoms with Crippen molar-refractivity contribution >= 4 is 17.8 Å². The fraction of sp³-hybridized carbons (Fsp3) is 0.438. The largest absolute Gasteiger partial charge is 0.383 e. The van der Waals surface area contributed by atoms with Crippen molar-refractivity contribution in [3.05, 3.63) is 35.9 Å². The van der Waals surface area contributed by atoms with Gasteiger partial charge in [-0.1, -0.05) is 37.3 Å². The van der Waals surface area contributed by atoms with Crippen LogP contribution in [0.5, 0.6) is 0 Å². The van der Waals surface area contributed by atoms with Crippen molar-refractivity contribution in [1.82, 2.24) is 15.5 Å². The Labute approximate surface area is 135 Å². The van der Waals surface area contributed by atoms with Gasteiger partial charge in [0, 0.05) is 13.7 Å². The minimum Gasteiger partial charge on any atom is -0.383 e. The maximum absolute atomic E-state index is 12.8. The summed E-state index contributed by atoms with van der Waals surface area (Å²) in [6.45, 7) is 2.22. The molecule has 1 aliphatic heterocycles. The van der Waals surface area contributed by atoms with Crippen LogP contribution in [-0.2, 0) is 19.9 Å². The van der Waals surface area contributed by atoms with Crippen LogP contribution in [0.3, 0.4) is 0 Å². The molecule has 7 heteroatoms. The van der Waals surface area contributed by atoms with E-state index >= 15 is 0 Å². The van der Waals surface area contributed by atoms with Gasteiger partial charge in [0.25, 0.3) is 5.91 Å². The van der Waals surface area contributed by atoms with Crippen LogP contribution >= 0.6 is 0 Å². The first-order valence-electron chi connectivity index (χ1n) is 7.50. The Bertz CT molecular complexity index is 590. The van der Waals surface area contributed by atoms with Gasteiger partial charge in [0.2, 0.25) is 5.91 Å². The standard InChI is InChI=1S/C16H21N3O4/c1-3-16(12-7-5-4-6-8-12)14(21)19(15(22)18-16)11-13(20)17-9-10-23-2/h4-8H,3,9-11H2,1-2H3,(H,17,20)(H,18,22)/t16-/m1/s1. The number of nitrogens with one attached hydrogen (secondary N) is 2. The van der Waals surface area contributed by atoms with E-state index in [-0.39, 0.29) is 6.54 Å². The van der Waals surface area contributed by atoms with E-state index in [1.54, 1.807) is 12.1 Å². The van der Waals surface area contributed by atoms with Gasteiger partial charge in [0.15, 0.2) is 0 Å². The number of nitrogens with zero attached hydrogens (tertiary/aromatic N) is 1. The predicted octanol–water partition coefficient (Wildman–Crippen LogP) is 0.606. The van der Waals surface area contributed by atoms with Crippen LogP contribution in [0.15, 0.2) is 30.3 Å². The Morgan fingerprint density at radius 2 is 2.00 bits per heavy atom. The summed E-state index contributed by atoms with van der Waals surface area (Å²) in [6, 6.07) is 8.50. The molecule has 0 saturated carbocycles. The Balaban J connectivity index is 2.14. The summed E-state index contributed by atoms with van der Waals surface area (Å²) in [5.74, 6) is -0.802. The van der Waals surface area contributed by atoms with Gasteiger partial charge < -0.3 is 15.4 Å². The van der Waals surface area contributed by atoms with Crippen molar-refractivity contribution in [2.24, 2.45) is 0 Å². The molecular formula is C16H21N3O4. The lowest BCUT2D eigenvalue weighted by Gasteiger charge is -2.25. The van der Waals surface area contributed by atoms with Crippen molar-refractivity contribution in [2.75, 3.05) is 26.8 Å². The minimum atomic E-state index is -1.11. The Morgan fingerprint density at radius 1 is 1.30 bits per heavy atom. The molecular weight excluding hydrogens is 298 g/mol. The molecule has 124 valence electrons. The van der Waals surface area contributed by atoms with E-state index in [1.807, 2.05) is 25.1 Å². The number of carbonyl (C=O) groups is 3. The molecule has 0 spiro atoms. The molecule has 1 aliphatic rings. The summed E-state index contributed by atoms with van der Waals surface area (Å²) in [5.41, 5.74) is -0.395. The highest BCUT2D eigenvalue weighted by Crippen LogP contribution is 2.32. The van der Waals surface area contributed by atoms with Gasteiger partial charge in [-0.05, 0) is 12.0 Å². The van der Waals surface area contributed by atoms with Gasteiger partial charge in [-0.15, -0.1) is 0 Å². The van der Waals surface area contributed by atoms with Crippen LogP contribution in [-0.4, -0.2) is 49.6 Å². The van der Waals surface area contributed by atoms with Gasteiger partial charge in [0.05, 0.1) is 6.61 Å². The Morgan fingerprint density at radius 3 is 2.61 bits per heavy atom. The molecule has 23 heavy (non-hydrogen) atoms. The summed E-state index contributed by atoms with van der Waals surface area (Å²) >= 11 is 0. The molecule has 1 fully saturated rings. The predicted molar refractivity (Wildman–Crippen MR) is 83.5 cm³/mol. The summed E-state index contributed by atoms with van der Waals surface area (Å²) in [6.07, 6.45) is 0.406. The number of amides is 4. The van der Waals surface area contributed by atoms with E-state index in [0.29, 0.717) is 25.1 Å². The van der Waals surface area contributed by atoms with Crippen LogP contribution in [0.25, 0.3) is 0 Å². The fourth-order valence-corrected chi connectivity index (χ4v) is 2.62. The first kappa shape index (κ1) is 17.0. The average molecular weight is 319 g/mol. The third kappa shape index (κ3) is 3.34. The van der Waals surface area contributed by atoms with E-state index in [0.717, 1.165) is 4.90 Å². The lowest BCUT2D eigenvalue weighted by Crippen LogP contribution is -2.45. The number of ether oxygens (including phenoxy) is 1. The maximum atomic E-state index is 12.8. The van der Waals surface area contributed by atoms with Gasteiger partial charge >= 0.3 is 6.03 Å². The van der Waals surface area contributed by atoms with Crippen LogP contribution in [0, 0.1) is 0 Å². The van der Waals surface area contributed by atoms with Crippen molar-refractivity contribution in [1.29, 1.82) is 0 Å². The summed E-state index contributed by atoms with van der Waals surface area (Å²) in [4.78, 5) is 37.8. The van der Waals surface area contributed by atoms with Crippen LogP contribution in [0.1, 0.15) is 18.9 Å². The molecule has 1 saturated heterocycles. The number of imide groups is 1. The molecule has 1 heterocycles. The first-order chi connectivity index (χ1) is 11.0. The average Bonchev–Trinajstić information content (AvgIpc) is 2.81. The van der Waals surface area contributed by atoms with Gasteiger partial charge in [-0.25, -0.2) is 4.79 Å². The number of hydrogen-bond acceptors (Lipinski definition) is 4. The highest BCUT2D eigenvalue weighted by molar-refractivity contribution is 6.09. The summed E-state index contributed by atoms with van der Waals surface area (Å²) < 4.78 is 4.84. The maximum Gasteiger partial charge on any atom is 0.325 e. The molecule has 0 radical (unpaired) electrons. The Kier molecular flexibility index (Phi) is 5.33. The zero-order valence-corrected chi connectivity index (χ0v) is 13.3. The zero-order chi connectivity index (χ0) is 16.9. The molecule has 0 aromatic heterocycles. The molecule has 2 N–H and O–H groups in total. The van der Waals surface area contributed by atoms with E-state index < -0.39 is 23.4 Å². The molecule has 1 aromatic carbocycles. The SMILES string of the molecule is CC[C@]1(c2ccccc2)NC(=O)N(CC(=O)NCCOC)C1=O. The second kappa shape index (κ2) is 7.23. The normalized spacial score (nSPS) is 20.5. The van der Waals surface area contributed by atoms with E-state index in [4.69, 9.17) is 4.74 Å². The molecule has 4 amide bonds. The molecule has 2 rings (SSSR count). The molecule has 0 aliphatic carbocycles. The summed E-state index contributed by atoms with van der Waals surface area (Å²) in [5, 5.41) is 5.34. The number of methoxy groups -OCH3 is 1. The van der Waals surface area contributed by atoms with E-state index in [9.17, 15) is 14.4 Å². The third-order valence-electron chi connectivity index (χ3n) is 3.90. The molecule has 1 aromatic rings. The van der Waals surface area contributed by atoms with Gasteiger partial charge in [0.1, 0.15) is 12.1 Å². The minimum absolute atomic E-state index is 0.303. The van der Waals surface area contributed by atoms with Crippen molar-refractivity contribution in [2.45, 2.75) is 18.9 Å². The second-order valence-electron chi connectivity index (χ2n) is 5.29. The van der Waals surface area contributed by atoms with Crippen molar-refractivity contribution in [3.8, 4) is 0 Å². The lowest BCUT2D eigenvalue weighted by atomic mass is 9.87. The van der Waals surface area contributed by atoms with Gasteiger partial charge in [-0.2, -0.15) is 0 Å². The Hall–Kier alpha value is -2.41. The van der Waals surface area contributed by atoms with Crippen molar-refractivity contribution < 1.29 is 19.1 Å². The molecule has 0 bridgehead atoms. The number of carbonyl (C=O) groups excluding carboxylic acids is 3. The zero-order valence-electron chi connectivity index (χ0n) is 13.3. The molecule has 7 nitrogen and oxygen atoms in total. The quantitative estimate of drug-likeness (QED) is 0.569. The molecule has 0 unspecified atom stereocenters. The smallest absolute Gasteiger partial charge is 0.325 e. The monoisotopic (exact) mass is 319 g/mol. The van der Waals surface area contributed by atoms with Crippen LogP contribution < -0.4 is 10.6 Å². The van der Waals surface area contributed by atoms with Crippen LogP contribution in [0.2, 0.25) is 0 Å². The number of rotatable bonds is 7. The fourth-order valence-electron chi connectivity index (χ4n) is 2.62. The number of hydrogen-bond donors (Lipinski definition) is 2. The van der Waals surface area contributed by atoms with E-state index in [1.165, 1.54) is 7.11 Å². The van der Waals surface area contributed by atoms with Crippen molar-refractivity contribution in [3.63, 3.8) is 0 Å². The summed E-state index contributed by atoms with van der Waals surface area (Å²) in [7, 11) is 1.53. The highest BCUT2D eigenvalue weighted by atomic mass is 16.5. The topological polar surface area (TPSA) is 87.7 Å². The van der Waals surface area contributed by atoms with Gasteiger partial charge in [-0.3, -0.25) is 14.5 Å². The second-order valence-corrected chi connectivity index (χ2v) is 5.29. The number of urea groups is 1. The third-order valence-corrected chi connectivity index (χ3v) is 3.90. The lowest BCUT2D eigenvalue weighted by molar-refractivity contribution is -0.135. The van der Waals surface area contributed by atoms with Crippen LogP contribution in [0.4, 0.5) is 4.79 Å². The number of benzene rings is 1. The highest BCUT2D eigenvalue weighted by Gasteiger charge is 2.51. The van der Waals surface area contributed by atoms with E-state index in [2.05, 4.69) is 10.6 Å². The first-order valence-corrected chi connectivity index (χ1v) is 7.50. The molecule has 1 atom stereocenters.